The third-order valence-electron chi connectivity index (χ3n) is 3.69. The zero-order chi connectivity index (χ0) is 15.7. The van der Waals surface area contributed by atoms with E-state index in [1.807, 2.05) is 63.2 Å². The van der Waals surface area contributed by atoms with Gasteiger partial charge in [-0.1, -0.05) is 48.0 Å². The maximum absolute atomic E-state index is 13.1. The summed E-state index contributed by atoms with van der Waals surface area (Å²) in [6.07, 6.45) is 0. The zero-order valence-corrected chi connectivity index (χ0v) is 13.9. The van der Waals surface area contributed by atoms with Crippen molar-refractivity contribution in [2.75, 3.05) is 6.61 Å². The molecule has 2 aromatic carbocycles. The summed E-state index contributed by atoms with van der Waals surface area (Å²) in [4.78, 5) is 0. The van der Waals surface area contributed by atoms with Gasteiger partial charge in [-0.15, -0.1) is 0 Å². The average Bonchev–Trinajstić information content (AvgIpc) is 2.48. The highest BCUT2D eigenvalue weighted by Gasteiger charge is 2.37. The van der Waals surface area contributed by atoms with Gasteiger partial charge in [-0.25, -0.2) is 4.57 Å². The summed E-state index contributed by atoms with van der Waals surface area (Å²) < 4.78 is 24.3. The van der Waals surface area contributed by atoms with Gasteiger partial charge in [-0.2, -0.15) is 0 Å². The summed E-state index contributed by atoms with van der Waals surface area (Å²) in [5.74, 6) is 0.640. The van der Waals surface area contributed by atoms with E-state index in [-0.39, 0.29) is 0 Å². The van der Waals surface area contributed by atoms with E-state index in [1.54, 1.807) is 0 Å². The Bertz CT molecular complexity index is 778. The van der Waals surface area contributed by atoms with Crippen LogP contribution in [-0.2, 0) is 13.6 Å². The predicted molar refractivity (Wildman–Crippen MR) is 89.3 cm³/mol. The minimum absolute atomic E-state index is 0.346. The van der Waals surface area contributed by atoms with Gasteiger partial charge in [-0.3, -0.25) is 4.52 Å². The van der Waals surface area contributed by atoms with Crippen molar-refractivity contribution in [3.05, 3.63) is 71.0 Å². The zero-order valence-electron chi connectivity index (χ0n) is 13.0. The van der Waals surface area contributed by atoms with Crippen LogP contribution in [-0.4, -0.2) is 6.61 Å². The van der Waals surface area contributed by atoms with Gasteiger partial charge in [-0.05, 0) is 32.4 Å². The monoisotopic (exact) mass is 314 g/mol. The molecule has 3 rings (SSSR count). The molecule has 1 unspecified atom stereocenters. The van der Waals surface area contributed by atoms with Crippen LogP contribution >= 0.6 is 7.60 Å². The first-order valence-corrected chi connectivity index (χ1v) is 8.91. The van der Waals surface area contributed by atoms with Crippen molar-refractivity contribution in [1.82, 2.24) is 0 Å². The lowest BCUT2D eigenvalue weighted by Gasteiger charge is -2.29. The van der Waals surface area contributed by atoms with E-state index in [0.29, 0.717) is 17.7 Å². The molecular weight excluding hydrogens is 295 g/mol. The molecule has 1 aliphatic heterocycles. The van der Waals surface area contributed by atoms with E-state index < -0.39 is 7.60 Å². The lowest BCUT2D eigenvalue weighted by atomic mass is 9.95. The van der Waals surface area contributed by atoms with Crippen LogP contribution in [0, 0.1) is 6.92 Å². The molecule has 0 saturated heterocycles. The van der Waals surface area contributed by atoms with Crippen molar-refractivity contribution in [3.63, 3.8) is 0 Å². The molecule has 0 saturated carbocycles. The smallest absolute Gasteiger partial charge is 0.411 e. The Kier molecular flexibility index (Phi) is 3.94. The second-order valence-electron chi connectivity index (χ2n) is 5.32. The molecule has 0 spiro atoms. The fraction of sp³-hybridized carbons (Fsp3) is 0.222. The van der Waals surface area contributed by atoms with E-state index in [0.717, 1.165) is 22.3 Å². The number of allylic oxidation sites excluding steroid dienone is 1. The van der Waals surface area contributed by atoms with E-state index in [1.165, 1.54) is 0 Å². The van der Waals surface area contributed by atoms with Crippen LogP contribution in [0.25, 0.3) is 5.57 Å². The summed E-state index contributed by atoms with van der Waals surface area (Å²) >= 11 is 0. The highest BCUT2D eigenvalue weighted by atomic mass is 31.2. The quantitative estimate of drug-likeness (QED) is 0.773. The normalized spacial score (nSPS) is 20.5. The van der Waals surface area contributed by atoms with Gasteiger partial charge in [0.05, 0.1) is 11.9 Å². The molecule has 22 heavy (non-hydrogen) atoms. The standard InChI is InChI=1S/C18H19O3P/c1-4-20-22(19)17-11-10-13(2)12-16(17)18(14(3)21-22)15-8-6-5-7-9-15/h5-12H,4H2,1-3H3. The third-order valence-corrected chi connectivity index (χ3v) is 5.78. The minimum atomic E-state index is -3.30. The summed E-state index contributed by atoms with van der Waals surface area (Å²) in [7, 11) is -3.30. The second kappa shape index (κ2) is 5.75. The van der Waals surface area contributed by atoms with Gasteiger partial charge in [0.1, 0.15) is 5.76 Å². The molecular formula is C18H19O3P. The van der Waals surface area contributed by atoms with Gasteiger partial charge in [0, 0.05) is 11.1 Å². The molecule has 0 bridgehead atoms. The third kappa shape index (κ3) is 2.51. The number of hydrogen-bond acceptors (Lipinski definition) is 3. The van der Waals surface area contributed by atoms with E-state index in [9.17, 15) is 4.57 Å². The number of hydrogen-bond donors (Lipinski definition) is 0. The molecule has 3 nitrogen and oxygen atoms in total. The maximum Gasteiger partial charge on any atom is 0.411 e. The van der Waals surface area contributed by atoms with Crippen molar-refractivity contribution < 1.29 is 13.6 Å². The van der Waals surface area contributed by atoms with Crippen molar-refractivity contribution >= 4 is 18.5 Å². The van der Waals surface area contributed by atoms with Gasteiger partial charge < -0.3 is 4.52 Å². The van der Waals surface area contributed by atoms with E-state index in [4.69, 9.17) is 9.05 Å². The number of rotatable bonds is 3. The fourth-order valence-corrected chi connectivity index (χ4v) is 4.59. The first kappa shape index (κ1) is 15.1. The molecule has 4 heteroatoms. The fourth-order valence-electron chi connectivity index (χ4n) is 2.78. The highest BCUT2D eigenvalue weighted by Crippen LogP contribution is 2.55. The molecule has 1 heterocycles. The topological polar surface area (TPSA) is 35.5 Å². The maximum atomic E-state index is 13.1. The van der Waals surface area contributed by atoms with Gasteiger partial charge >= 0.3 is 7.60 Å². The van der Waals surface area contributed by atoms with Crippen LogP contribution < -0.4 is 5.30 Å². The predicted octanol–water partition coefficient (Wildman–Crippen LogP) is 4.66. The average molecular weight is 314 g/mol. The summed E-state index contributed by atoms with van der Waals surface area (Å²) in [5, 5.41) is 0.643. The summed E-state index contributed by atoms with van der Waals surface area (Å²) in [6, 6.07) is 15.9. The van der Waals surface area contributed by atoms with Crippen LogP contribution in [0.4, 0.5) is 0 Å². The van der Waals surface area contributed by atoms with Crippen molar-refractivity contribution in [2.24, 2.45) is 0 Å². The molecule has 114 valence electrons. The minimum Gasteiger partial charge on any atom is -0.425 e. The first-order valence-electron chi connectivity index (χ1n) is 7.37. The summed E-state index contributed by atoms with van der Waals surface area (Å²) in [6.45, 7) is 6.04. The van der Waals surface area contributed by atoms with Gasteiger partial charge in [0.25, 0.3) is 0 Å². The second-order valence-corrected chi connectivity index (χ2v) is 7.24. The first-order chi connectivity index (χ1) is 10.5. The largest absolute Gasteiger partial charge is 0.425 e. The highest BCUT2D eigenvalue weighted by molar-refractivity contribution is 7.62. The molecule has 0 N–H and O–H groups in total. The van der Waals surface area contributed by atoms with E-state index >= 15 is 0 Å². The van der Waals surface area contributed by atoms with Crippen LogP contribution in [0.15, 0.2) is 54.3 Å². The van der Waals surface area contributed by atoms with E-state index in [2.05, 4.69) is 6.07 Å². The van der Waals surface area contributed by atoms with Crippen molar-refractivity contribution in [1.29, 1.82) is 0 Å². The molecule has 0 radical (unpaired) electrons. The van der Waals surface area contributed by atoms with Crippen molar-refractivity contribution in [2.45, 2.75) is 20.8 Å². The number of aryl methyl sites for hydroxylation is 1. The van der Waals surface area contributed by atoms with Crippen LogP contribution in [0.3, 0.4) is 0 Å². The Balaban J connectivity index is 2.26. The Labute approximate surface area is 131 Å². The SMILES string of the molecule is CCOP1(=O)OC(C)=C(c2ccccc2)c2cc(C)ccc21. The van der Waals surface area contributed by atoms with Gasteiger partial charge in [0.15, 0.2) is 0 Å². The summed E-state index contributed by atoms with van der Waals surface area (Å²) in [5.41, 5.74) is 4.08. The Morgan fingerprint density at radius 3 is 2.50 bits per heavy atom. The molecule has 0 fully saturated rings. The molecule has 0 aliphatic carbocycles. The molecule has 1 aliphatic rings. The Morgan fingerprint density at radius 2 is 1.82 bits per heavy atom. The lowest BCUT2D eigenvalue weighted by Crippen LogP contribution is -2.20. The number of fused-ring (bicyclic) bond motifs is 1. The van der Waals surface area contributed by atoms with Crippen LogP contribution in [0.2, 0.25) is 0 Å². The van der Waals surface area contributed by atoms with Crippen molar-refractivity contribution in [3.8, 4) is 0 Å². The molecule has 1 atom stereocenters. The Hall–Kier alpha value is -1.83. The van der Waals surface area contributed by atoms with Gasteiger partial charge in [0.2, 0.25) is 0 Å². The van der Waals surface area contributed by atoms with Crippen LogP contribution in [0.1, 0.15) is 30.5 Å². The molecule has 0 aromatic heterocycles. The lowest BCUT2D eigenvalue weighted by molar-refractivity contribution is 0.259. The molecule has 0 amide bonds. The molecule has 2 aromatic rings. The Morgan fingerprint density at radius 1 is 1.09 bits per heavy atom. The van der Waals surface area contributed by atoms with Crippen LogP contribution in [0.5, 0.6) is 0 Å². The number of benzene rings is 2.